The van der Waals surface area contributed by atoms with Crippen LogP contribution in [0, 0.1) is 5.82 Å². The van der Waals surface area contributed by atoms with Gasteiger partial charge in [0, 0.05) is 36.4 Å². The number of carbonyl (C=O) groups is 1. The van der Waals surface area contributed by atoms with Crippen molar-refractivity contribution in [2.24, 2.45) is 0 Å². The second-order valence-electron chi connectivity index (χ2n) is 6.01. The van der Waals surface area contributed by atoms with Gasteiger partial charge in [-0.05, 0) is 51.4 Å². The second-order valence-corrected chi connectivity index (χ2v) is 6.01. The number of anilines is 1. The molecule has 3 rings (SSSR count). The number of piperazine rings is 1. The van der Waals surface area contributed by atoms with Crippen molar-refractivity contribution in [2.45, 2.75) is 38.8 Å². The Hall–Kier alpha value is -1.42. The first-order valence-corrected chi connectivity index (χ1v) is 7.37. The van der Waals surface area contributed by atoms with Crippen LogP contribution in [0.15, 0.2) is 18.2 Å². The Kier molecular flexibility index (Phi) is 3.50. The minimum absolute atomic E-state index is 0.0689. The Morgan fingerprint density at radius 3 is 2.90 bits per heavy atom. The first-order chi connectivity index (χ1) is 9.56. The Balaban J connectivity index is 1.93. The van der Waals surface area contributed by atoms with E-state index in [0.29, 0.717) is 17.6 Å². The highest BCUT2D eigenvalue weighted by Crippen LogP contribution is 2.31. The summed E-state index contributed by atoms with van der Waals surface area (Å²) < 4.78 is 13.4. The number of fused-ring (bicyclic) bond motifs is 1. The summed E-state index contributed by atoms with van der Waals surface area (Å²) in [4.78, 5) is 16.6. The zero-order valence-corrected chi connectivity index (χ0v) is 12.1. The van der Waals surface area contributed by atoms with Gasteiger partial charge in [0.05, 0.1) is 0 Å². The maximum atomic E-state index is 13.4. The highest BCUT2D eigenvalue weighted by molar-refractivity contribution is 5.99. The third-order valence-corrected chi connectivity index (χ3v) is 4.58. The highest BCUT2D eigenvalue weighted by atomic mass is 19.1. The van der Waals surface area contributed by atoms with Crippen molar-refractivity contribution in [3.05, 3.63) is 29.6 Å². The van der Waals surface area contributed by atoms with Gasteiger partial charge in [0.2, 0.25) is 0 Å². The third-order valence-electron chi connectivity index (χ3n) is 4.58. The van der Waals surface area contributed by atoms with Crippen LogP contribution in [0.3, 0.4) is 0 Å². The monoisotopic (exact) mass is 276 g/mol. The Bertz CT molecular complexity index is 531. The van der Waals surface area contributed by atoms with E-state index < -0.39 is 0 Å². The van der Waals surface area contributed by atoms with Crippen LogP contribution in [0.2, 0.25) is 0 Å². The topological polar surface area (TPSA) is 23.6 Å². The lowest BCUT2D eigenvalue weighted by molar-refractivity contribution is 0.101. The van der Waals surface area contributed by atoms with E-state index in [0.717, 1.165) is 18.8 Å². The molecule has 0 bridgehead atoms. The Morgan fingerprint density at radius 2 is 2.15 bits per heavy atom. The van der Waals surface area contributed by atoms with Crippen molar-refractivity contribution in [1.82, 2.24) is 4.90 Å². The highest BCUT2D eigenvalue weighted by Gasteiger charge is 2.35. The molecular formula is C16H21FN2O. The van der Waals surface area contributed by atoms with E-state index in [9.17, 15) is 9.18 Å². The number of ketones is 1. The molecule has 0 saturated carbocycles. The normalized spacial score (nSPS) is 26.6. The van der Waals surface area contributed by atoms with Gasteiger partial charge in [0.15, 0.2) is 5.78 Å². The van der Waals surface area contributed by atoms with E-state index in [4.69, 9.17) is 0 Å². The smallest absolute Gasteiger partial charge is 0.161 e. The van der Waals surface area contributed by atoms with E-state index in [-0.39, 0.29) is 11.6 Å². The molecule has 20 heavy (non-hydrogen) atoms. The van der Waals surface area contributed by atoms with Gasteiger partial charge in [-0.15, -0.1) is 0 Å². The summed E-state index contributed by atoms with van der Waals surface area (Å²) in [7, 11) is 0. The maximum Gasteiger partial charge on any atom is 0.161 e. The fourth-order valence-corrected chi connectivity index (χ4v) is 3.56. The van der Waals surface area contributed by atoms with Gasteiger partial charge >= 0.3 is 0 Å². The quantitative estimate of drug-likeness (QED) is 0.776. The predicted octanol–water partition coefficient (Wildman–Crippen LogP) is 2.70. The largest absolute Gasteiger partial charge is 0.365 e. The molecule has 0 aliphatic carbocycles. The molecule has 2 heterocycles. The van der Waals surface area contributed by atoms with Crippen molar-refractivity contribution >= 4 is 11.5 Å². The van der Waals surface area contributed by atoms with E-state index >= 15 is 0 Å². The average Bonchev–Trinajstić information content (AvgIpc) is 2.85. The SMILES string of the molecule is CC(=O)c1cc(F)ccc1N1CC2CCCN2CC1C. The average molecular weight is 276 g/mol. The standard InChI is InChI=1S/C16H21FN2O/c1-11-9-18-7-3-4-14(18)10-19(11)16-6-5-13(17)8-15(16)12(2)20/h5-6,8,11,14H,3-4,7,9-10H2,1-2H3. The minimum atomic E-state index is -0.342. The van der Waals surface area contributed by atoms with Crippen LogP contribution < -0.4 is 4.90 Å². The van der Waals surface area contributed by atoms with E-state index in [1.807, 2.05) is 0 Å². The predicted molar refractivity (Wildman–Crippen MR) is 77.8 cm³/mol. The summed E-state index contributed by atoms with van der Waals surface area (Å²) in [5.74, 6) is -0.411. The lowest BCUT2D eigenvalue weighted by atomic mass is 10.0. The molecule has 2 unspecified atom stereocenters. The molecule has 1 aromatic rings. The van der Waals surface area contributed by atoms with Crippen LogP contribution >= 0.6 is 0 Å². The van der Waals surface area contributed by atoms with Crippen molar-refractivity contribution in [3.63, 3.8) is 0 Å². The Morgan fingerprint density at radius 1 is 1.35 bits per heavy atom. The van der Waals surface area contributed by atoms with Gasteiger partial charge < -0.3 is 4.90 Å². The van der Waals surface area contributed by atoms with Crippen LogP contribution in [0.4, 0.5) is 10.1 Å². The summed E-state index contributed by atoms with van der Waals surface area (Å²) in [6.07, 6.45) is 2.48. The summed E-state index contributed by atoms with van der Waals surface area (Å²) >= 11 is 0. The summed E-state index contributed by atoms with van der Waals surface area (Å²) in [5, 5.41) is 0. The molecular weight excluding hydrogens is 255 g/mol. The van der Waals surface area contributed by atoms with Crippen molar-refractivity contribution in [3.8, 4) is 0 Å². The van der Waals surface area contributed by atoms with Gasteiger partial charge in [-0.2, -0.15) is 0 Å². The van der Waals surface area contributed by atoms with E-state index in [2.05, 4.69) is 16.7 Å². The molecule has 2 aliphatic rings. The van der Waals surface area contributed by atoms with Crippen molar-refractivity contribution < 1.29 is 9.18 Å². The van der Waals surface area contributed by atoms with E-state index in [1.165, 1.54) is 38.4 Å². The van der Waals surface area contributed by atoms with E-state index in [1.54, 1.807) is 6.07 Å². The fraction of sp³-hybridized carbons (Fsp3) is 0.562. The van der Waals surface area contributed by atoms with Crippen LogP contribution in [-0.2, 0) is 0 Å². The van der Waals surface area contributed by atoms with Crippen molar-refractivity contribution in [2.75, 3.05) is 24.5 Å². The number of halogens is 1. The van der Waals surface area contributed by atoms with Crippen LogP contribution in [-0.4, -0.2) is 42.4 Å². The molecule has 2 aliphatic heterocycles. The summed E-state index contributed by atoms with van der Waals surface area (Å²) in [5.41, 5.74) is 1.39. The lowest BCUT2D eigenvalue weighted by Gasteiger charge is -2.44. The molecule has 0 spiro atoms. The number of benzene rings is 1. The second kappa shape index (κ2) is 5.17. The lowest BCUT2D eigenvalue weighted by Crippen LogP contribution is -2.55. The molecule has 0 amide bonds. The maximum absolute atomic E-state index is 13.4. The van der Waals surface area contributed by atoms with Gasteiger partial charge in [-0.25, -0.2) is 4.39 Å². The summed E-state index contributed by atoms with van der Waals surface area (Å²) in [6, 6.07) is 5.51. The zero-order valence-electron chi connectivity index (χ0n) is 12.1. The number of hydrogen-bond acceptors (Lipinski definition) is 3. The molecule has 0 radical (unpaired) electrons. The van der Waals surface area contributed by atoms with Gasteiger partial charge in [0.25, 0.3) is 0 Å². The molecule has 4 heteroatoms. The van der Waals surface area contributed by atoms with Gasteiger partial charge in [0.1, 0.15) is 5.82 Å². The molecule has 108 valence electrons. The van der Waals surface area contributed by atoms with Crippen molar-refractivity contribution in [1.29, 1.82) is 0 Å². The fourth-order valence-electron chi connectivity index (χ4n) is 3.56. The zero-order chi connectivity index (χ0) is 14.3. The van der Waals surface area contributed by atoms with Crippen LogP contribution in [0.5, 0.6) is 0 Å². The number of carbonyl (C=O) groups excluding carboxylic acids is 1. The first kappa shape index (κ1) is 13.6. The summed E-state index contributed by atoms with van der Waals surface area (Å²) in [6.45, 7) is 6.84. The number of Topliss-reactive ketones (excluding diaryl/α,β-unsaturated/α-hetero) is 1. The molecule has 2 fully saturated rings. The molecule has 2 atom stereocenters. The van der Waals surface area contributed by atoms with Gasteiger partial charge in [-0.1, -0.05) is 0 Å². The van der Waals surface area contributed by atoms with Gasteiger partial charge in [-0.3, -0.25) is 9.69 Å². The van der Waals surface area contributed by atoms with Crippen LogP contribution in [0.25, 0.3) is 0 Å². The molecule has 0 aromatic heterocycles. The molecule has 0 N–H and O–H groups in total. The molecule has 1 aromatic carbocycles. The molecule has 2 saturated heterocycles. The molecule has 3 nitrogen and oxygen atoms in total. The number of rotatable bonds is 2. The number of hydrogen-bond donors (Lipinski definition) is 0. The van der Waals surface area contributed by atoms with Crippen LogP contribution in [0.1, 0.15) is 37.0 Å². The number of nitrogens with zero attached hydrogens (tertiary/aromatic N) is 2. The third kappa shape index (κ3) is 2.33. The first-order valence-electron chi connectivity index (χ1n) is 7.37. The Labute approximate surface area is 119 Å². The minimum Gasteiger partial charge on any atom is -0.365 e.